The number of carbonyl (C=O) groups is 1. The summed E-state index contributed by atoms with van der Waals surface area (Å²) >= 11 is 5.79. The summed E-state index contributed by atoms with van der Waals surface area (Å²) in [7, 11) is 0. The first-order valence-electron chi connectivity index (χ1n) is 5.57. The van der Waals surface area contributed by atoms with Crippen LogP contribution in [0.25, 0.3) is 6.08 Å². The maximum Gasteiger partial charge on any atom is 0.308 e. The third-order valence-corrected chi connectivity index (χ3v) is 3.20. The zero-order valence-corrected chi connectivity index (χ0v) is 10.0. The Morgan fingerprint density at radius 2 is 2.12 bits per heavy atom. The highest BCUT2D eigenvalue weighted by Gasteiger charge is 2.30. The van der Waals surface area contributed by atoms with Crippen molar-refractivity contribution in [1.82, 2.24) is 5.32 Å². The normalized spacial score (nSPS) is 24.3. The maximum absolute atomic E-state index is 11.0. The van der Waals surface area contributed by atoms with Crippen LogP contribution in [0.5, 0.6) is 0 Å². The van der Waals surface area contributed by atoms with Crippen molar-refractivity contribution in [2.75, 3.05) is 6.54 Å². The zero-order chi connectivity index (χ0) is 12.3. The molecule has 4 heteroatoms. The molecule has 2 atom stereocenters. The summed E-state index contributed by atoms with van der Waals surface area (Å²) in [5.41, 5.74) is 1.02. The lowest BCUT2D eigenvalue weighted by Crippen LogP contribution is -2.29. The first kappa shape index (κ1) is 12.1. The fraction of sp³-hybridized carbons (Fsp3) is 0.308. The number of rotatable bonds is 3. The van der Waals surface area contributed by atoms with Gasteiger partial charge < -0.3 is 10.4 Å². The highest BCUT2D eigenvalue weighted by Crippen LogP contribution is 2.18. The van der Waals surface area contributed by atoms with Crippen LogP contribution in [0, 0.1) is 5.92 Å². The number of nitrogens with one attached hydrogen (secondary N) is 1. The van der Waals surface area contributed by atoms with E-state index in [0.717, 1.165) is 12.1 Å². The number of hydrogen-bond acceptors (Lipinski definition) is 2. The second-order valence-corrected chi connectivity index (χ2v) is 4.56. The predicted molar refractivity (Wildman–Crippen MR) is 68.0 cm³/mol. The molecular weight excluding hydrogens is 238 g/mol. The van der Waals surface area contributed by atoms with Crippen molar-refractivity contribution in [1.29, 1.82) is 0 Å². The van der Waals surface area contributed by atoms with Gasteiger partial charge in [0.25, 0.3) is 0 Å². The molecule has 1 aromatic rings. The predicted octanol–water partition coefficient (Wildman–Crippen LogP) is 2.42. The van der Waals surface area contributed by atoms with Gasteiger partial charge in [-0.15, -0.1) is 0 Å². The van der Waals surface area contributed by atoms with Crippen LogP contribution in [0.4, 0.5) is 0 Å². The summed E-state index contributed by atoms with van der Waals surface area (Å²) in [5, 5.41) is 12.9. The molecule has 0 radical (unpaired) electrons. The monoisotopic (exact) mass is 251 g/mol. The van der Waals surface area contributed by atoms with Crippen LogP contribution in [0.1, 0.15) is 12.0 Å². The average molecular weight is 252 g/mol. The molecule has 1 aromatic carbocycles. The summed E-state index contributed by atoms with van der Waals surface area (Å²) in [6.45, 7) is 0.757. The van der Waals surface area contributed by atoms with Crippen LogP contribution in [-0.4, -0.2) is 23.7 Å². The molecule has 1 saturated heterocycles. The lowest BCUT2D eigenvalue weighted by molar-refractivity contribution is -0.141. The molecule has 2 unspecified atom stereocenters. The van der Waals surface area contributed by atoms with Gasteiger partial charge in [0.1, 0.15) is 0 Å². The lowest BCUT2D eigenvalue weighted by atomic mass is 10.00. The fourth-order valence-corrected chi connectivity index (χ4v) is 2.12. The molecule has 2 N–H and O–H groups in total. The van der Waals surface area contributed by atoms with Gasteiger partial charge in [-0.2, -0.15) is 0 Å². The minimum atomic E-state index is -0.735. The number of carboxylic acids is 1. The van der Waals surface area contributed by atoms with Gasteiger partial charge in [0.15, 0.2) is 0 Å². The molecule has 1 aliphatic heterocycles. The number of halogens is 1. The molecule has 0 aliphatic carbocycles. The minimum absolute atomic E-state index is 0.0804. The molecular formula is C13H14ClNO2. The standard InChI is InChI=1S/C13H14ClNO2/c14-10-4-1-9(2-5-10)3-6-12-11(13(16)17)7-8-15-12/h1-6,11-12,15H,7-8H2,(H,16,17)/b6-3+. The average Bonchev–Trinajstić information content (AvgIpc) is 2.76. The van der Waals surface area contributed by atoms with Crippen molar-refractivity contribution >= 4 is 23.6 Å². The smallest absolute Gasteiger partial charge is 0.308 e. The summed E-state index contributed by atoms with van der Waals surface area (Å²) in [6, 6.07) is 7.37. The third-order valence-electron chi connectivity index (χ3n) is 2.95. The second kappa shape index (κ2) is 5.34. The molecule has 1 heterocycles. The molecule has 1 fully saturated rings. The van der Waals surface area contributed by atoms with Gasteiger partial charge in [0.2, 0.25) is 0 Å². The number of carboxylic acid groups (broad SMARTS) is 1. The van der Waals surface area contributed by atoms with Crippen molar-refractivity contribution < 1.29 is 9.90 Å². The summed E-state index contributed by atoms with van der Waals surface area (Å²) in [4.78, 5) is 11.0. The number of benzene rings is 1. The molecule has 0 aromatic heterocycles. The molecule has 0 bridgehead atoms. The van der Waals surface area contributed by atoms with Gasteiger partial charge in [-0.3, -0.25) is 4.79 Å². The van der Waals surface area contributed by atoms with Crippen LogP contribution in [0.3, 0.4) is 0 Å². The van der Waals surface area contributed by atoms with Crippen molar-refractivity contribution in [2.24, 2.45) is 5.92 Å². The molecule has 0 spiro atoms. The number of hydrogen-bond donors (Lipinski definition) is 2. The van der Waals surface area contributed by atoms with Crippen LogP contribution < -0.4 is 5.32 Å². The molecule has 3 nitrogen and oxygen atoms in total. The zero-order valence-electron chi connectivity index (χ0n) is 9.27. The first-order valence-corrected chi connectivity index (χ1v) is 5.94. The SMILES string of the molecule is O=C(O)C1CCNC1/C=C/c1ccc(Cl)cc1. The van der Waals surface area contributed by atoms with Crippen LogP contribution in [-0.2, 0) is 4.79 Å². The van der Waals surface area contributed by atoms with Gasteiger partial charge in [-0.25, -0.2) is 0 Å². The van der Waals surface area contributed by atoms with E-state index >= 15 is 0 Å². The van der Waals surface area contributed by atoms with Crippen molar-refractivity contribution in [3.63, 3.8) is 0 Å². The highest BCUT2D eigenvalue weighted by molar-refractivity contribution is 6.30. The Labute approximate surface area is 105 Å². The Morgan fingerprint density at radius 1 is 1.41 bits per heavy atom. The molecule has 90 valence electrons. The van der Waals surface area contributed by atoms with E-state index in [4.69, 9.17) is 16.7 Å². The van der Waals surface area contributed by atoms with Crippen molar-refractivity contribution in [3.8, 4) is 0 Å². The summed E-state index contributed by atoms with van der Waals surface area (Å²) in [5.74, 6) is -1.06. The van der Waals surface area contributed by atoms with Crippen LogP contribution in [0.15, 0.2) is 30.3 Å². The molecule has 1 aliphatic rings. The molecule has 0 saturated carbocycles. The minimum Gasteiger partial charge on any atom is -0.481 e. The number of aliphatic carboxylic acids is 1. The summed E-state index contributed by atoms with van der Waals surface area (Å²) in [6.07, 6.45) is 4.52. The van der Waals surface area contributed by atoms with Gasteiger partial charge in [0.05, 0.1) is 5.92 Å². The first-order chi connectivity index (χ1) is 8.16. The topological polar surface area (TPSA) is 49.3 Å². The maximum atomic E-state index is 11.0. The Morgan fingerprint density at radius 3 is 2.76 bits per heavy atom. The highest BCUT2D eigenvalue weighted by atomic mass is 35.5. The van der Waals surface area contributed by atoms with E-state index < -0.39 is 5.97 Å². The Hall–Kier alpha value is -1.32. The summed E-state index contributed by atoms with van der Waals surface area (Å²) < 4.78 is 0. The van der Waals surface area contributed by atoms with Gasteiger partial charge in [-0.1, -0.05) is 35.9 Å². The lowest BCUT2D eigenvalue weighted by Gasteiger charge is -2.10. The Bertz CT molecular complexity index is 428. The van der Waals surface area contributed by atoms with Crippen LogP contribution >= 0.6 is 11.6 Å². The third kappa shape index (κ3) is 3.08. The molecule has 0 amide bonds. The van der Waals surface area contributed by atoms with Crippen molar-refractivity contribution in [2.45, 2.75) is 12.5 Å². The Balaban J connectivity index is 2.05. The van der Waals surface area contributed by atoms with E-state index in [1.807, 2.05) is 36.4 Å². The van der Waals surface area contributed by atoms with E-state index in [0.29, 0.717) is 11.4 Å². The largest absolute Gasteiger partial charge is 0.481 e. The van der Waals surface area contributed by atoms with Crippen LogP contribution in [0.2, 0.25) is 5.02 Å². The van der Waals surface area contributed by atoms with E-state index in [1.54, 1.807) is 0 Å². The van der Waals surface area contributed by atoms with E-state index in [1.165, 1.54) is 0 Å². The fourth-order valence-electron chi connectivity index (χ4n) is 2.00. The van der Waals surface area contributed by atoms with Gasteiger partial charge >= 0.3 is 5.97 Å². The quantitative estimate of drug-likeness (QED) is 0.867. The van der Waals surface area contributed by atoms with Gasteiger partial charge in [0, 0.05) is 11.1 Å². The second-order valence-electron chi connectivity index (χ2n) is 4.12. The van der Waals surface area contributed by atoms with E-state index in [-0.39, 0.29) is 12.0 Å². The van der Waals surface area contributed by atoms with Crippen molar-refractivity contribution in [3.05, 3.63) is 40.9 Å². The van der Waals surface area contributed by atoms with Gasteiger partial charge in [-0.05, 0) is 30.7 Å². The Kier molecular flexibility index (Phi) is 3.82. The molecule has 17 heavy (non-hydrogen) atoms. The van der Waals surface area contributed by atoms with E-state index in [9.17, 15) is 4.79 Å². The molecule has 2 rings (SSSR count). The van der Waals surface area contributed by atoms with E-state index in [2.05, 4.69) is 5.32 Å².